The molecule has 0 saturated heterocycles. The van der Waals surface area contributed by atoms with E-state index in [-0.39, 0.29) is 29.6 Å². The summed E-state index contributed by atoms with van der Waals surface area (Å²) in [6, 6.07) is 0. The molecule has 1 N–H and O–H groups in total. The molecule has 0 aromatic heterocycles. The minimum atomic E-state index is -0.397. The number of carbonyl (C=O) groups is 2. The van der Waals surface area contributed by atoms with Gasteiger partial charge in [0, 0.05) is 32.5 Å². The van der Waals surface area contributed by atoms with Gasteiger partial charge in [-0.15, -0.1) is 0 Å². The van der Waals surface area contributed by atoms with Gasteiger partial charge < -0.3 is 24.6 Å². The monoisotopic (exact) mass is 832 g/mol. The van der Waals surface area contributed by atoms with Crippen LogP contribution in [0.15, 0.2) is 9.59 Å². The first kappa shape index (κ1) is 54.6. The molecule has 344 valence electrons. The van der Waals surface area contributed by atoms with Gasteiger partial charge in [0.15, 0.2) is 0 Å². The van der Waals surface area contributed by atoms with Crippen LogP contribution < -0.4 is 21.1 Å². The maximum atomic E-state index is 12.9. The first-order chi connectivity index (χ1) is 28.7. The van der Waals surface area contributed by atoms with E-state index < -0.39 is 5.43 Å². The SMILES string of the molecule is CCCCCCCCC(CCCCCCC)OC(=O)CCCCCCCN(CCCCCCCC(=O)OC(CCC)CCCCC)c1c(NCCCN(C)C)c(=O)c1=O. The predicted molar refractivity (Wildman–Crippen MR) is 251 cm³/mol. The van der Waals surface area contributed by atoms with Gasteiger partial charge in [-0.25, -0.2) is 0 Å². The van der Waals surface area contributed by atoms with Crippen LogP contribution in [-0.4, -0.2) is 69.3 Å². The molecule has 0 amide bonds. The Bertz CT molecular complexity index is 1230. The largest absolute Gasteiger partial charge is 0.462 e. The van der Waals surface area contributed by atoms with Crippen LogP contribution in [0.25, 0.3) is 0 Å². The topological polar surface area (TPSA) is 105 Å². The molecule has 0 heterocycles. The molecule has 2 atom stereocenters. The zero-order valence-electron chi connectivity index (χ0n) is 39.5. The fraction of sp³-hybridized carbons (Fsp3) is 0.880. The molecule has 1 aromatic carbocycles. The number of esters is 2. The van der Waals surface area contributed by atoms with Crippen LogP contribution in [0.5, 0.6) is 0 Å². The summed E-state index contributed by atoms with van der Waals surface area (Å²) in [7, 11) is 4.07. The van der Waals surface area contributed by atoms with E-state index in [0.717, 1.165) is 142 Å². The summed E-state index contributed by atoms with van der Waals surface area (Å²) in [5, 5.41) is 3.29. The Hall–Kier alpha value is -2.42. The second-order valence-electron chi connectivity index (χ2n) is 17.8. The summed E-state index contributed by atoms with van der Waals surface area (Å²) < 4.78 is 11.9. The smallest absolute Gasteiger partial charge is 0.306 e. The van der Waals surface area contributed by atoms with Crippen molar-refractivity contribution in [3.8, 4) is 0 Å². The van der Waals surface area contributed by atoms with Crippen LogP contribution in [0.1, 0.15) is 233 Å². The standard InChI is InChI=1S/C50H93N3O6/c1-7-11-14-16-20-27-36-44(35-26-19-15-12-8-2)59-46(55)38-29-22-18-24-31-42-53(48-47(49(56)50(48)57)51-39-32-40-52(5)6)41-30-23-17-21-28-37-45(54)58-43(33-10-4)34-25-13-9-3/h43-44,51H,7-42H2,1-6H3. The van der Waals surface area contributed by atoms with E-state index in [1.165, 1.54) is 70.6 Å². The maximum absolute atomic E-state index is 12.9. The van der Waals surface area contributed by atoms with Gasteiger partial charge in [0.1, 0.15) is 23.6 Å². The molecule has 0 radical (unpaired) electrons. The summed E-state index contributed by atoms with van der Waals surface area (Å²) in [5.74, 6) is -0.0996. The number of hydrogen-bond donors (Lipinski definition) is 1. The van der Waals surface area contributed by atoms with Crippen LogP contribution in [0, 0.1) is 0 Å². The number of unbranched alkanes of at least 4 members (excludes halogenated alkanes) is 19. The van der Waals surface area contributed by atoms with Crippen LogP contribution in [0.3, 0.4) is 0 Å². The Kier molecular flexibility index (Phi) is 34.6. The lowest BCUT2D eigenvalue weighted by Gasteiger charge is -2.28. The van der Waals surface area contributed by atoms with Crippen LogP contribution in [0.4, 0.5) is 11.4 Å². The quantitative estimate of drug-likeness (QED) is 0.0391. The third kappa shape index (κ3) is 27.9. The lowest BCUT2D eigenvalue weighted by atomic mass is 10.0. The van der Waals surface area contributed by atoms with Crippen molar-refractivity contribution >= 4 is 23.3 Å². The van der Waals surface area contributed by atoms with Gasteiger partial charge in [-0.3, -0.25) is 19.2 Å². The first-order valence-corrected chi connectivity index (χ1v) is 25.0. The van der Waals surface area contributed by atoms with Crippen LogP contribution in [0.2, 0.25) is 0 Å². The summed E-state index contributed by atoms with van der Waals surface area (Å²) >= 11 is 0. The molecule has 0 spiro atoms. The lowest BCUT2D eigenvalue weighted by molar-refractivity contribution is -0.151. The van der Waals surface area contributed by atoms with Gasteiger partial charge >= 0.3 is 11.9 Å². The molecule has 59 heavy (non-hydrogen) atoms. The van der Waals surface area contributed by atoms with Gasteiger partial charge in [-0.2, -0.15) is 0 Å². The predicted octanol–water partition coefficient (Wildman–Crippen LogP) is 12.4. The number of nitrogens with one attached hydrogen (secondary N) is 1. The molecule has 1 aromatic rings. The van der Waals surface area contributed by atoms with Gasteiger partial charge in [-0.1, -0.05) is 143 Å². The molecule has 0 fully saturated rings. The highest BCUT2D eigenvalue weighted by Crippen LogP contribution is 2.23. The van der Waals surface area contributed by atoms with E-state index in [4.69, 9.17) is 9.47 Å². The van der Waals surface area contributed by atoms with Crippen molar-refractivity contribution in [2.75, 3.05) is 50.5 Å². The summed E-state index contributed by atoms with van der Waals surface area (Å²) in [6.07, 6.45) is 33.7. The van der Waals surface area contributed by atoms with E-state index in [2.05, 4.69) is 42.8 Å². The molecular weight excluding hydrogens is 739 g/mol. The minimum Gasteiger partial charge on any atom is -0.462 e. The zero-order chi connectivity index (χ0) is 43.4. The molecule has 9 nitrogen and oxygen atoms in total. The highest BCUT2D eigenvalue weighted by molar-refractivity contribution is 5.75. The first-order valence-electron chi connectivity index (χ1n) is 25.0. The van der Waals surface area contributed by atoms with Crippen LogP contribution in [-0.2, 0) is 19.1 Å². The lowest BCUT2D eigenvalue weighted by Crippen LogP contribution is -2.43. The molecule has 1 rings (SSSR count). The van der Waals surface area contributed by atoms with E-state index in [1.54, 1.807) is 0 Å². The summed E-state index contributed by atoms with van der Waals surface area (Å²) in [4.78, 5) is 55.2. The van der Waals surface area contributed by atoms with E-state index in [1.807, 2.05) is 14.1 Å². The Morgan fingerprint density at radius 1 is 0.475 bits per heavy atom. The Morgan fingerprint density at radius 3 is 1.36 bits per heavy atom. The molecule has 0 saturated carbocycles. The zero-order valence-corrected chi connectivity index (χ0v) is 39.5. The van der Waals surface area contributed by atoms with E-state index in [9.17, 15) is 19.2 Å². The average Bonchev–Trinajstić information content (AvgIpc) is 3.21. The molecule has 9 heteroatoms. The minimum absolute atomic E-state index is 0.0372. The Morgan fingerprint density at radius 2 is 0.881 bits per heavy atom. The second kappa shape index (κ2) is 37.4. The van der Waals surface area contributed by atoms with Crippen molar-refractivity contribution in [1.29, 1.82) is 0 Å². The molecule has 0 aliphatic rings. The summed E-state index contributed by atoms with van der Waals surface area (Å²) in [5.41, 5.74) is 0.277. The highest BCUT2D eigenvalue weighted by Gasteiger charge is 2.25. The van der Waals surface area contributed by atoms with Crippen LogP contribution >= 0.6 is 0 Å². The molecular formula is C50H93N3O6. The van der Waals surface area contributed by atoms with Gasteiger partial charge in [-0.05, 0) is 97.7 Å². The fourth-order valence-corrected chi connectivity index (χ4v) is 8.08. The number of nitrogens with zero attached hydrogens (tertiary/aromatic N) is 2. The third-order valence-corrected chi connectivity index (χ3v) is 11.7. The Balaban J connectivity index is 2.57. The highest BCUT2D eigenvalue weighted by atomic mass is 16.5. The van der Waals surface area contributed by atoms with Gasteiger partial charge in [0.2, 0.25) is 0 Å². The van der Waals surface area contributed by atoms with Crippen molar-refractivity contribution in [3.05, 3.63) is 20.4 Å². The summed E-state index contributed by atoms with van der Waals surface area (Å²) in [6.45, 7) is 11.9. The van der Waals surface area contributed by atoms with Crippen molar-refractivity contribution in [2.24, 2.45) is 0 Å². The van der Waals surface area contributed by atoms with Gasteiger partial charge in [0.05, 0.1) is 0 Å². The van der Waals surface area contributed by atoms with Crippen molar-refractivity contribution in [3.63, 3.8) is 0 Å². The molecule has 0 aliphatic heterocycles. The van der Waals surface area contributed by atoms with Crippen molar-refractivity contribution in [1.82, 2.24) is 4.90 Å². The number of rotatable bonds is 43. The van der Waals surface area contributed by atoms with E-state index >= 15 is 0 Å². The Labute approximate surface area is 362 Å². The second-order valence-corrected chi connectivity index (χ2v) is 17.8. The number of carbonyl (C=O) groups excluding carboxylic acids is 2. The number of anilines is 2. The van der Waals surface area contributed by atoms with E-state index in [0.29, 0.717) is 30.8 Å². The maximum Gasteiger partial charge on any atom is 0.306 e. The fourth-order valence-electron chi connectivity index (χ4n) is 8.08. The number of ether oxygens (including phenoxy) is 2. The molecule has 0 bridgehead atoms. The average molecular weight is 832 g/mol. The van der Waals surface area contributed by atoms with Crippen molar-refractivity contribution in [2.45, 2.75) is 245 Å². The molecule has 0 aliphatic carbocycles. The third-order valence-electron chi connectivity index (χ3n) is 11.7. The van der Waals surface area contributed by atoms with Crippen molar-refractivity contribution < 1.29 is 19.1 Å². The van der Waals surface area contributed by atoms with Gasteiger partial charge in [0.25, 0.3) is 10.9 Å². The number of hydrogen-bond acceptors (Lipinski definition) is 9. The normalized spacial score (nSPS) is 12.6. The molecule has 2 unspecified atom stereocenters.